The average molecular weight is 343 g/mol. The highest BCUT2D eigenvalue weighted by atomic mass is 32.2. The van der Waals surface area contributed by atoms with Crippen LogP contribution in [0, 0.1) is 11.6 Å². The van der Waals surface area contributed by atoms with E-state index in [0.29, 0.717) is 0 Å². The summed E-state index contributed by atoms with van der Waals surface area (Å²) in [6, 6.07) is 16.9. The zero-order valence-corrected chi connectivity index (χ0v) is 13.7. The molecule has 0 aromatic heterocycles. The lowest BCUT2D eigenvalue weighted by Gasteiger charge is -2.13. The molecule has 5 heteroatoms. The highest BCUT2D eigenvalue weighted by molar-refractivity contribution is 8.00. The number of halogens is 2. The Balaban J connectivity index is 1.72. The van der Waals surface area contributed by atoms with Crippen molar-refractivity contribution in [3.8, 4) is 0 Å². The van der Waals surface area contributed by atoms with Crippen LogP contribution in [-0.4, -0.2) is 11.2 Å². The van der Waals surface area contributed by atoms with Crippen LogP contribution in [0.1, 0.15) is 6.92 Å². The van der Waals surface area contributed by atoms with Crippen LogP contribution in [0.2, 0.25) is 0 Å². The van der Waals surface area contributed by atoms with Crippen LogP contribution in [0.25, 0.3) is 10.8 Å². The predicted octanol–water partition coefficient (Wildman–Crippen LogP) is 5.24. The second-order valence-electron chi connectivity index (χ2n) is 5.38. The van der Waals surface area contributed by atoms with E-state index in [9.17, 15) is 13.6 Å². The summed E-state index contributed by atoms with van der Waals surface area (Å²) in [7, 11) is 0. The maximum Gasteiger partial charge on any atom is 0.237 e. The molecule has 0 aliphatic carbocycles. The molecule has 24 heavy (non-hydrogen) atoms. The van der Waals surface area contributed by atoms with E-state index in [1.165, 1.54) is 11.8 Å². The second kappa shape index (κ2) is 7.01. The van der Waals surface area contributed by atoms with Gasteiger partial charge in [0.15, 0.2) is 0 Å². The molecule has 0 aliphatic heterocycles. The number of thioether (sulfide) groups is 1. The molecule has 0 spiro atoms. The van der Waals surface area contributed by atoms with Gasteiger partial charge in [0.1, 0.15) is 11.6 Å². The van der Waals surface area contributed by atoms with Crippen molar-refractivity contribution in [2.75, 3.05) is 5.32 Å². The quantitative estimate of drug-likeness (QED) is 0.657. The first-order chi connectivity index (χ1) is 11.5. The summed E-state index contributed by atoms with van der Waals surface area (Å²) < 4.78 is 26.8. The fourth-order valence-corrected chi connectivity index (χ4v) is 3.24. The maximum absolute atomic E-state index is 13.6. The van der Waals surface area contributed by atoms with Crippen molar-refractivity contribution >= 4 is 34.1 Å². The van der Waals surface area contributed by atoms with Gasteiger partial charge in [-0.3, -0.25) is 4.79 Å². The van der Waals surface area contributed by atoms with Gasteiger partial charge in [0.25, 0.3) is 0 Å². The Morgan fingerprint density at radius 3 is 2.54 bits per heavy atom. The van der Waals surface area contributed by atoms with Crippen molar-refractivity contribution in [3.63, 3.8) is 0 Å². The van der Waals surface area contributed by atoms with Crippen molar-refractivity contribution in [2.45, 2.75) is 17.1 Å². The van der Waals surface area contributed by atoms with Crippen LogP contribution in [0.5, 0.6) is 0 Å². The Hall–Kier alpha value is -2.40. The summed E-state index contributed by atoms with van der Waals surface area (Å²) in [4.78, 5) is 13.2. The van der Waals surface area contributed by atoms with Gasteiger partial charge in [0, 0.05) is 11.0 Å². The lowest BCUT2D eigenvalue weighted by molar-refractivity contribution is -0.115. The number of rotatable bonds is 4. The lowest BCUT2D eigenvalue weighted by Crippen LogP contribution is -2.23. The van der Waals surface area contributed by atoms with Gasteiger partial charge in [-0.05, 0) is 42.0 Å². The molecule has 3 aromatic carbocycles. The molecule has 1 atom stereocenters. The molecule has 0 heterocycles. The summed E-state index contributed by atoms with van der Waals surface area (Å²) in [6.45, 7) is 1.73. The number of anilines is 1. The minimum atomic E-state index is -0.660. The van der Waals surface area contributed by atoms with Crippen LogP contribution < -0.4 is 5.32 Å². The fraction of sp³-hybridized carbons (Fsp3) is 0.105. The Kier molecular flexibility index (Phi) is 4.81. The molecule has 0 radical (unpaired) electrons. The Labute approximate surface area is 142 Å². The molecule has 2 nitrogen and oxygen atoms in total. The SMILES string of the molecule is CC(Sc1ccc2ccccc2c1)C(=O)Nc1cc(F)ccc1F. The van der Waals surface area contributed by atoms with Gasteiger partial charge in [-0.15, -0.1) is 11.8 Å². The van der Waals surface area contributed by atoms with E-state index >= 15 is 0 Å². The molecule has 0 saturated carbocycles. The van der Waals surface area contributed by atoms with Crippen molar-refractivity contribution in [2.24, 2.45) is 0 Å². The van der Waals surface area contributed by atoms with Crippen LogP contribution >= 0.6 is 11.8 Å². The van der Waals surface area contributed by atoms with Gasteiger partial charge < -0.3 is 5.32 Å². The molecule has 0 fully saturated rings. The molecular formula is C19H15F2NOS. The van der Waals surface area contributed by atoms with Crippen molar-refractivity contribution < 1.29 is 13.6 Å². The molecule has 1 amide bonds. The largest absolute Gasteiger partial charge is 0.323 e. The summed E-state index contributed by atoms with van der Waals surface area (Å²) in [5.41, 5.74) is -0.147. The predicted molar refractivity (Wildman–Crippen MR) is 94.3 cm³/mol. The Morgan fingerprint density at radius 2 is 1.75 bits per heavy atom. The van der Waals surface area contributed by atoms with Crippen LogP contribution in [0.15, 0.2) is 65.6 Å². The minimum absolute atomic E-state index is 0.147. The smallest absolute Gasteiger partial charge is 0.237 e. The van der Waals surface area contributed by atoms with Crippen LogP contribution in [0.3, 0.4) is 0 Å². The first-order valence-electron chi connectivity index (χ1n) is 7.44. The molecule has 3 aromatic rings. The number of hydrogen-bond donors (Lipinski definition) is 1. The number of hydrogen-bond acceptors (Lipinski definition) is 2. The van der Waals surface area contributed by atoms with Crippen molar-refractivity contribution in [1.82, 2.24) is 0 Å². The van der Waals surface area contributed by atoms with Crippen molar-refractivity contribution in [3.05, 3.63) is 72.3 Å². The normalized spacial score (nSPS) is 12.1. The van der Waals surface area contributed by atoms with E-state index in [1.54, 1.807) is 6.92 Å². The Bertz CT molecular complexity index is 897. The third-order valence-electron chi connectivity index (χ3n) is 3.59. The lowest BCUT2D eigenvalue weighted by atomic mass is 10.1. The molecule has 0 bridgehead atoms. The van der Waals surface area contributed by atoms with Crippen molar-refractivity contribution in [1.29, 1.82) is 0 Å². The molecule has 122 valence electrons. The molecule has 0 saturated heterocycles. The summed E-state index contributed by atoms with van der Waals surface area (Å²) in [6.07, 6.45) is 0. The second-order valence-corrected chi connectivity index (χ2v) is 6.80. The zero-order valence-electron chi connectivity index (χ0n) is 12.9. The number of benzene rings is 3. The van der Waals surface area contributed by atoms with E-state index in [4.69, 9.17) is 0 Å². The third-order valence-corrected chi connectivity index (χ3v) is 4.68. The van der Waals surface area contributed by atoms with Gasteiger partial charge in [-0.25, -0.2) is 8.78 Å². The van der Waals surface area contributed by atoms with E-state index in [2.05, 4.69) is 5.32 Å². The fourth-order valence-electron chi connectivity index (χ4n) is 2.33. The molecule has 0 aliphatic rings. The monoisotopic (exact) mass is 343 g/mol. The number of carbonyl (C=O) groups excluding carboxylic acids is 1. The maximum atomic E-state index is 13.6. The van der Waals surface area contributed by atoms with Gasteiger partial charge >= 0.3 is 0 Å². The van der Waals surface area contributed by atoms with E-state index in [-0.39, 0.29) is 11.6 Å². The van der Waals surface area contributed by atoms with Crippen LogP contribution in [-0.2, 0) is 4.79 Å². The average Bonchev–Trinajstić information content (AvgIpc) is 2.58. The first-order valence-corrected chi connectivity index (χ1v) is 8.32. The number of nitrogens with one attached hydrogen (secondary N) is 1. The molecule has 3 rings (SSSR count). The number of carbonyl (C=O) groups is 1. The van der Waals surface area contributed by atoms with Gasteiger partial charge in [0.05, 0.1) is 10.9 Å². The zero-order chi connectivity index (χ0) is 17.1. The Morgan fingerprint density at radius 1 is 1.00 bits per heavy atom. The van der Waals surface area contributed by atoms with Gasteiger partial charge in [0.2, 0.25) is 5.91 Å². The molecular weight excluding hydrogens is 328 g/mol. The summed E-state index contributed by atoms with van der Waals surface area (Å²) in [5, 5.41) is 4.20. The van der Waals surface area contributed by atoms with E-state index in [1.807, 2.05) is 42.5 Å². The highest BCUT2D eigenvalue weighted by Gasteiger charge is 2.16. The topological polar surface area (TPSA) is 29.1 Å². The van der Waals surface area contributed by atoms with Crippen LogP contribution in [0.4, 0.5) is 14.5 Å². The molecule has 1 unspecified atom stereocenters. The number of fused-ring (bicyclic) bond motifs is 1. The minimum Gasteiger partial charge on any atom is -0.323 e. The first kappa shape index (κ1) is 16.5. The third kappa shape index (κ3) is 3.74. The standard InChI is InChI=1S/C19H15F2NOS/c1-12(19(23)22-18-11-15(20)7-9-17(18)21)24-16-8-6-13-4-2-3-5-14(13)10-16/h2-12H,1H3,(H,22,23). The van der Waals surface area contributed by atoms with E-state index < -0.39 is 16.9 Å². The van der Waals surface area contributed by atoms with Gasteiger partial charge in [-0.1, -0.05) is 30.3 Å². The summed E-state index contributed by atoms with van der Waals surface area (Å²) in [5.74, 6) is -1.63. The van der Waals surface area contributed by atoms with E-state index in [0.717, 1.165) is 33.9 Å². The highest BCUT2D eigenvalue weighted by Crippen LogP contribution is 2.28. The van der Waals surface area contributed by atoms with Gasteiger partial charge in [-0.2, -0.15) is 0 Å². The number of amides is 1. The molecule has 1 N–H and O–H groups in total. The summed E-state index contributed by atoms with van der Waals surface area (Å²) >= 11 is 1.37.